The van der Waals surface area contributed by atoms with Crippen LogP contribution in [0.25, 0.3) is 21.5 Å². The molecule has 0 unspecified atom stereocenters. The molecular formula is C24H22O4. The summed E-state index contributed by atoms with van der Waals surface area (Å²) in [6, 6.07) is 15.7. The third kappa shape index (κ3) is 3.81. The molecule has 0 atom stereocenters. The van der Waals surface area contributed by atoms with Crippen LogP contribution in [0.4, 0.5) is 0 Å². The van der Waals surface area contributed by atoms with Crippen molar-refractivity contribution >= 4 is 33.5 Å². The maximum Gasteiger partial charge on any atom is 0.333 e. The highest BCUT2D eigenvalue weighted by Gasteiger charge is 2.16. The molecule has 0 saturated carbocycles. The fourth-order valence-corrected chi connectivity index (χ4v) is 3.14. The molecule has 0 aliphatic rings. The summed E-state index contributed by atoms with van der Waals surface area (Å²) >= 11 is 0. The van der Waals surface area contributed by atoms with Crippen molar-refractivity contribution in [2.75, 3.05) is 0 Å². The van der Waals surface area contributed by atoms with Crippen molar-refractivity contribution < 1.29 is 19.1 Å². The molecule has 4 nitrogen and oxygen atoms in total. The van der Waals surface area contributed by atoms with Crippen molar-refractivity contribution in [2.24, 2.45) is 0 Å². The van der Waals surface area contributed by atoms with Crippen LogP contribution in [0.2, 0.25) is 0 Å². The van der Waals surface area contributed by atoms with Crippen LogP contribution in [0.15, 0.2) is 72.8 Å². The highest BCUT2D eigenvalue weighted by atomic mass is 16.5. The Balaban J connectivity index is 2.15. The van der Waals surface area contributed by atoms with E-state index in [1.165, 1.54) is 0 Å². The molecule has 4 heteroatoms. The molecule has 3 aromatic carbocycles. The second-order valence-electron chi connectivity index (χ2n) is 6.76. The number of rotatable bonds is 6. The first-order chi connectivity index (χ1) is 13.4. The third-order valence-electron chi connectivity index (χ3n) is 4.55. The minimum atomic E-state index is -0.423. The lowest BCUT2D eigenvalue weighted by molar-refractivity contribution is -0.141. The van der Waals surface area contributed by atoms with Gasteiger partial charge in [0.2, 0.25) is 0 Å². The van der Waals surface area contributed by atoms with Crippen LogP contribution < -0.4 is 0 Å². The van der Waals surface area contributed by atoms with Crippen LogP contribution in [-0.4, -0.2) is 11.9 Å². The Morgan fingerprint density at radius 3 is 1.21 bits per heavy atom. The van der Waals surface area contributed by atoms with E-state index in [9.17, 15) is 9.59 Å². The molecule has 0 radical (unpaired) electrons. The summed E-state index contributed by atoms with van der Waals surface area (Å²) in [4.78, 5) is 23.8. The minimum Gasteiger partial charge on any atom is -0.457 e. The standard InChI is InChI=1S/C24H22O4/c1-15(2)23(25)27-13-21-17-9-5-7-11-19(17)22(14-28-24(26)16(3)4)20-12-8-6-10-18(20)21/h5-12H,1,3,13-14H2,2,4H3. The Morgan fingerprint density at radius 1 is 0.679 bits per heavy atom. The largest absolute Gasteiger partial charge is 0.457 e. The number of fused-ring (bicyclic) bond motifs is 2. The zero-order valence-electron chi connectivity index (χ0n) is 16.1. The molecule has 0 bridgehead atoms. The molecule has 0 saturated heterocycles. The molecule has 0 fully saturated rings. The van der Waals surface area contributed by atoms with Gasteiger partial charge >= 0.3 is 11.9 Å². The predicted octanol–water partition coefficient (Wildman–Crippen LogP) is 5.23. The average Bonchev–Trinajstić information content (AvgIpc) is 2.69. The Kier molecular flexibility index (Phi) is 5.59. The number of hydrogen-bond donors (Lipinski definition) is 0. The molecule has 0 aliphatic heterocycles. The zero-order valence-corrected chi connectivity index (χ0v) is 16.1. The normalized spacial score (nSPS) is 10.6. The minimum absolute atomic E-state index is 0.137. The monoisotopic (exact) mass is 374 g/mol. The average molecular weight is 374 g/mol. The van der Waals surface area contributed by atoms with Crippen molar-refractivity contribution in [1.29, 1.82) is 0 Å². The molecule has 142 valence electrons. The SMILES string of the molecule is C=C(C)C(=O)OCc1c2ccccc2c(COC(=O)C(=C)C)c2ccccc12. The Bertz CT molecular complexity index is 963. The van der Waals surface area contributed by atoms with Crippen LogP contribution >= 0.6 is 0 Å². The lowest BCUT2D eigenvalue weighted by atomic mass is 9.92. The number of benzene rings is 3. The van der Waals surface area contributed by atoms with Crippen molar-refractivity contribution in [3.63, 3.8) is 0 Å². The number of carbonyl (C=O) groups excluding carboxylic acids is 2. The smallest absolute Gasteiger partial charge is 0.333 e. The van der Waals surface area contributed by atoms with Crippen molar-refractivity contribution in [1.82, 2.24) is 0 Å². The summed E-state index contributed by atoms with van der Waals surface area (Å²) in [6.07, 6.45) is 0. The summed E-state index contributed by atoms with van der Waals surface area (Å²) < 4.78 is 10.9. The van der Waals surface area contributed by atoms with Gasteiger partial charge in [-0.1, -0.05) is 61.7 Å². The van der Waals surface area contributed by atoms with Gasteiger partial charge in [0.1, 0.15) is 13.2 Å². The molecule has 0 heterocycles. The van der Waals surface area contributed by atoms with E-state index in [0.717, 1.165) is 32.7 Å². The van der Waals surface area contributed by atoms with Crippen LogP contribution in [0.5, 0.6) is 0 Å². The van der Waals surface area contributed by atoms with Crippen molar-refractivity contribution in [2.45, 2.75) is 27.1 Å². The Morgan fingerprint density at radius 2 is 0.964 bits per heavy atom. The summed E-state index contributed by atoms with van der Waals surface area (Å²) in [5.41, 5.74) is 2.54. The van der Waals surface area contributed by atoms with Gasteiger partial charge in [-0.2, -0.15) is 0 Å². The maximum absolute atomic E-state index is 11.9. The molecular weight excluding hydrogens is 352 g/mol. The number of esters is 2. The van der Waals surface area contributed by atoms with E-state index in [1.54, 1.807) is 13.8 Å². The van der Waals surface area contributed by atoms with Gasteiger partial charge < -0.3 is 9.47 Å². The van der Waals surface area contributed by atoms with E-state index in [4.69, 9.17) is 9.47 Å². The molecule has 0 N–H and O–H groups in total. The van der Waals surface area contributed by atoms with Crippen LogP contribution in [-0.2, 0) is 32.3 Å². The Labute approximate surface area is 164 Å². The lowest BCUT2D eigenvalue weighted by Gasteiger charge is -2.17. The van der Waals surface area contributed by atoms with Crippen molar-refractivity contribution in [3.05, 3.63) is 84.0 Å². The molecule has 0 spiro atoms. The van der Waals surface area contributed by atoms with E-state index in [0.29, 0.717) is 11.1 Å². The molecule has 28 heavy (non-hydrogen) atoms. The summed E-state index contributed by atoms with van der Waals surface area (Å²) in [5.74, 6) is -0.847. The first-order valence-electron chi connectivity index (χ1n) is 8.96. The van der Waals surface area contributed by atoms with Crippen LogP contribution in [0.1, 0.15) is 25.0 Å². The van der Waals surface area contributed by atoms with E-state index >= 15 is 0 Å². The quantitative estimate of drug-likeness (QED) is 0.337. The van der Waals surface area contributed by atoms with Gasteiger partial charge in [0, 0.05) is 22.3 Å². The highest BCUT2D eigenvalue weighted by molar-refractivity contribution is 6.06. The van der Waals surface area contributed by atoms with Gasteiger partial charge in [-0.25, -0.2) is 9.59 Å². The highest BCUT2D eigenvalue weighted by Crippen LogP contribution is 2.34. The third-order valence-corrected chi connectivity index (χ3v) is 4.55. The van der Waals surface area contributed by atoms with E-state index in [-0.39, 0.29) is 13.2 Å². The predicted molar refractivity (Wildman–Crippen MR) is 111 cm³/mol. The molecule has 0 aromatic heterocycles. The zero-order chi connectivity index (χ0) is 20.3. The molecule has 0 aliphatic carbocycles. The fourth-order valence-electron chi connectivity index (χ4n) is 3.14. The molecule has 3 rings (SSSR count). The number of carbonyl (C=O) groups is 2. The fraction of sp³-hybridized carbons (Fsp3) is 0.167. The van der Waals surface area contributed by atoms with Gasteiger partial charge in [0.25, 0.3) is 0 Å². The van der Waals surface area contributed by atoms with Crippen molar-refractivity contribution in [3.8, 4) is 0 Å². The van der Waals surface area contributed by atoms with Gasteiger partial charge in [0.05, 0.1) is 0 Å². The topological polar surface area (TPSA) is 52.6 Å². The van der Waals surface area contributed by atoms with Crippen LogP contribution in [0.3, 0.4) is 0 Å². The second kappa shape index (κ2) is 8.09. The van der Waals surface area contributed by atoms with Crippen LogP contribution in [0, 0.1) is 0 Å². The summed E-state index contributed by atoms with van der Waals surface area (Å²) in [6.45, 7) is 10.8. The summed E-state index contributed by atoms with van der Waals surface area (Å²) in [7, 11) is 0. The molecule has 0 amide bonds. The first kappa shape index (κ1) is 19.4. The Hall–Kier alpha value is -3.40. The van der Waals surface area contributed by atoms with E-state index in [2.05, 4.69) is 13.2 Å². The lowest BCUT2D eigenvalue weighted by Crippen LogP contribution is -2.08. The second-order valence-corrected chi connectivity index (χ2v) is 6.76. The maximum atomic E-state index is 11.9. The first-order valence-corrected chi connectivity index (χ1v) is 8.96. The van der Waals surface area contributed by atoms with Gasteiger partial charge in [-0.15, -0.1) is 0 Å². The van der Waals surface area contributed by atoms with E-state index < -0.39 is 11.9 Å². The number of ether oxygens (including phenoxy) is 2. The van der Waals surface area contributed by atoms with E-state index in [1.807, 2.05) is 48.5 Å². The van der Waals surface area contributed by atoms with Gasteiger partial charge in [0.15, 0.2) is 0 Å². The van der Waals surface area contributed by atoms with Gasteiger partial charge in [-0.3, -0.25) is 0 Å². The molecule has 3 aromatic rings. The summed E-state index contributed by atoms with van der Waals surface area (Å²) in [5, 5.41) is 3.82. The van der Waals surface area contributed by atoms with Gasteiger partial charge in [-0.05, 0) is 35.4 Å². The number of hydrogen-bond acceptors (Lipinski definition) is 4.